The molecule has 1 aliphatic heterocycles. The van der Waals surface area contributed by atoms with Crippen molar-refractivity contribution in [3.05, 3.63) is 0 Å². The molecule has 3 heteroatoms. The van der Waals surface area contributed by atoms with Gasteiger partial charge >= 0.3 is 0 Å². The summed E-state index contributed by atoms with van der Waals surface area (Å²) in [6, 6.07) is 1.40. The van der Waals surface area contributed by atoms with E-state index in [1.54, 1.807) is 0 Å². The zero-order chi connectivity index (χ0) is 11.8. The van der Waals surface area contributed by atoms with Gasteiger partial charge in [-0.1, -0.05) is 13.8 Å². The molecule has 1 rings (SSSR count). The van der Waals surface area contributed by atoms with Gasteiger partial charge in [0.1, 0.15) is 0 Å². The fraction of sp³-hybridized carbons (Fsp3) is 1.00. The highest BCUT2D eigenvalue weighted by Gasteiger charge is 2.15. The summed E-state index contributed by atoms with van der Waals surface area (Å²) in [7, 11) is 0. The molecule has 1 heterocycles. The summed E-state index contributed by atoms with van der Waals surface area (Å²) in [5, 5.41) is 7.16. The second kappa shape index (κ2) is 8.04. The molecular weight excluding hydrogens is 198 g/mol. The van der Waals surface area contributed by atoms with Crippen LogP contribution in [0.2, 0.25) is 0 Å². The van der Waals surface area contributed by atoms with Crippen molar-refractivity contribution in [1.29, 1.82) is 0 Å². The van der Waals surface area contributed by atoms with E-state index >= 15 is 0 Å². The van der Waals surface area contributed by atoms with Gasteiger partial charge in [-0.25, -0.2) is 0 Å². The fourth-order valence-electron chi connectivity index (χ4n) is 2.39. The molecule has 1 aliphatic rings. The minimum Gasteiger partial charge on any atom is -0.317 e. The van der Waals surface area contributed by atoms with E-state index in [2.05, 4.69) is 36.3 Å². The third kappa shape index (κ3) is 5.28. The third-order valence-corrected chi connectivity index (χ3v) is 3.63. The Labute approximate surface area is 101 Å². The molecule has 1 fully saturated rings. The average Bonchev–Trinajstić information content (AvgIpc) is 2.31. The zero-order valence-electron chi connectivity index (χ0n) is 11.3. The smallest absolute Gasteiger partial charge is 0.00937 e. The van der Waals surface area contributed by atoms with Crippen LogP contribution < -0.4 is 10.6 Å². The highest BCUT2D eigenvalue weighted by atomic mass is 15.1. The predicted molar refractivity (Wildman–Crippen MR) is 70.9 cm³/mol. The molecule has 0 aromatic heterocycles. The van der Waals surface area contributed by atoms with Gasteiger partial charge in [0, 0.05) is 12.1 Å². The van der Waals surface area contributed by atoms with Crippen LogP contribution in [-0.2, 0) is 0 Å². The van der Waals surface area contributed by atoms with Crippen LogP contribution in [0.25, 0.3) is 0 Å². The Morgan fingerprint density at radius 1 is 1.25 bits per heavy atom. The number of rotatable bonds is 7. The van der Waals surface area contributed by atoms with Crippen LogP contribution in [-0.4, -0.2) is 49.7 Å². The van der Waals surface area contributed by atoms with Crippen molar-refractivity contribution in [2.24, 2.45) is 0 Å². The molecule has 3 nitrogen and oxygen atoms in total. The van der Waals surface area contributed by atoms with E-state index in [4.69, 9.17) is 0 Å². The van der Waals surface area contributed by atoms with Gasteiger partial charge in [0.25, 0.3) is 0 Å². The molecule has 0 spiro atoms. The van der Waals surface area contributed by atoms with Crippen LogP contribution in [0.3, 0.4) is 0 Å². The van der Waals surface area contributed by atoms with E-state index in [0.29, 0.717) is 6.04 Å². The number of hydrogen-bond acceptors (Lipinski definition) is 3. The lowest BCUT2D eigenvalue weighted by atomic mass is 10.0. The molecule has 0 amide bonds. The number of nitrogens with zero attached hydrogens (tertiary/aromatic N) is 1. The molecule has 16 heavy (non-hydrogen) atoms. The quantitative estimate of drug-likeness (QED) is 0.689. The topological polar surface area (TPSA) is 27.3 Å². The van der Waals surface area contributed by atoms with Gasteiger partial charge in [-0.2, -0.15) is 0 Å². The average molecular weight is 227 g/mol. The van der Waals surface area contributed by atoms with Crippen LogP contribution in [0.1, 0.15) is 40.0 Å². The first-order valence-electron chi connectivity index (χ1n) is 6.95. The monoisotopic (exact) mass is 227 g/mol. The van der Waals surface area contributed by atoms with Crippen LogP contribution in [0.4, 0.5) is 0 Å². The van der Waals surface area contributed by atoms with E-state index in [1.807, 2.05) is 0 Å². The van der Waals surface area contributed by atoms with E-state index in [1.165, 1.54) is 52.0 Å². The first kappa shape index (κ1) is 13.9. The van der Waals surface area contributed by atoms with E-state index < -0.39 is 0 Å². The van der Waals surface area contributed by atoms with Crippen molar-refractivity contribution in [2.45, 2.75) is 52.1 Å². The third-order valence-electron chi connectivity index (χ3n) is 3.63. The minimum atomic E-state index is 0.656. The molecular formula is C13H29N3. The van der Waals surface area contributed by atoms with Crippen LogP contribution in [0.15, 0.2) is 0 Å². The Bertz CT molecular complexity index is 163. The van der Waals surface area contributed by atoms with Crippen molar-refractivity contribution < 1.29 is 0 Å². The molecule has 1 saturated heterocycles. The van der Waals surface area contributed by atoms with Crippen molar-refractivity contribution >= 4 is 0 Å². The number of nitrogens with one attached hydrogen (secondary N) is 2. The first-order valence-corrected chi connectivity index (χ1v) is 6.95. The van der Waals surface area contributed by atoms with Gasteiger partial charge in [-0.3, -0.25) is 0 Å². The summed E-state index contributed by atoms with van der Waals surface area (Å²) < 4.78 is 0. The molecule has 2 N–H and O–H groups in total. The molecule has 1 atom stereocenters. The van der Waals surface area contributed by atoms with E-state index in [-0.39, 0.29) is 0 Å². The summed E-state index contributed by atoms with van der Waals surface area (Å²) in [6.45, 7) is 12.8. The van der Waals surface area contributed by atoms with Crippen LogP contribution in [0, 0.1) is 0 Å². The lowest BCUT2D eigenvalue weighted by Gasteiger charge is -2.28. The van der Waals surface area contributed by atoms with Crippen molar-refractivity contribution in [1.82, 2.24) is 15.5 Å². The lowest BCUT2D eigenvalue weighted by molar-refractivity contribution is 0.271. The largest absolute Gasteiger partial charge is 0.317 e. The Hall–Kier alpha value is -0.120. The second-order valence-corrected chi connectivity index (χ2v) is 4.91. The minimum absolute atomic E-state index is 0.656. The van der Waals surface area contributed by atoms with Crippen molar-refractivity contribution in [2.75, 3.05) is 32.7 Å². The highest BCUT2D eigenvalue weighted by Crippen LogP contribution is 2.05. The molecule has 1 unspecified atom stereocenters. The number of piperidine rings is 1. The maximum atomic E-state index is 3.76. The van der Waals surface area contributed by atoms with Crippen LogP contribution >= 0.6 is 0 Å². The van der Waals surface area contributed by atoms with Gasteiger partial charge in [-0.15, -0.1) is 0 Å². The SMILES string of the molecule is CCN(CC)CCC(C)NC1CCNCC1. The first-order chi connectivity index (χ1) is 7.76. The molecule has 0 aromatic carbocycles. The van der Waals surface area contributed by atoms with E-state index in [9.17, 15) is 0 Å². The molecule has 0 radical (unpaired) electrons. The number of hydrogen-bond donors (Lipinski definition) is 2. The van der Waals surface area contributed by atoms with Gasteiger partial charge in [0.2, 0.25) is 0 Å². The van der Waals surface area contributed by atoms with E-state index in [0.717, 1.165) is 6.04 Å². The molecule has 96 valence electrons. The maximum absolute atomic E-state index is 3.76. The zero-order valence-corrected chi connectivity index (χ0v) is 11.3. The standard InChI is InChI=1S/C13H29N3/c1-4-16(5-2)11-8-12(3)15-13-6-9-14-10-7-13/h12-15H,4-11H2,1-3H3. The van der Waals surface area contributed by atoms with Gasteiger partial charge in [-0.05, 0) is 58.9 Å². The highest BCUT2D eigenvalue weighted by molar-refractivity contribution is 4.77. The van der Waals surface area contributed by atoms with Crippen molar-refractivity contribution in [3.8, 4) is 0 Å². The normalized spacial score (nSPS) is 20.2. The van der Waals surface area contributed by atoms with Crippen molar-refractivity contribution in [3.63, 3.8) is 0 Å². The Morgan fingerprint density at radius 3 is 2.44 bits per heavy atom. The summed E-state index contributed by atoms with van der Waals surface area (Å²) in [4.78, 5) is 2.50. The summed E-state index contributed by atoms with van der Waals surface area (Å²) in [6.07, 6.45) is 3.84. The molecule has 0 aromatic rings. The fourth-order valence-corrected chi connectivity index (χ4v) is 2.39. The molecule has 0 bridgehead atoms. The Balaban J connectivity index is 2.11. The maximum Gasteiger partial charge on any atom is 0.00937 e. The predicted octanol–water partition coefficient (Wildman–Crippen LogP) is 1.45. The van der Waals surface area contributed by atoms with Crippen LogP contribution in [0.5, 0.6) is 0 Å². The van der Waals surface area contributed by atoms with Gasteiger partial charge in [0.05, 0.1) is 0 Å². The second-order valence-electron chi connectivity index (χ2n) is 4.91. The van der Waals surface area contributed by atoms with Gasteiger partial charge < -0.3 is 15.5 Å². The molecule has 0 saturated carbocycles. The van der Waals surface area contributed by atoms with Gasteiger partial charge in [0.15, 0.2) is 0 Å². The Kier molecular flexibility index (Phi) is 7.01. The summed E-state index contributed by atoms with van der Waals surface area (Å²) in [5.74, 6) is 0. The molecule has 0 aliphatic carbocycles. The summed E-state index contributed by atoms with van der Waals surface area (Å²) >= 11 is 0. The summed E-state index contributed by atoms with van der Waals surface area (Å²) in [5.41, 5.74) is 0. The lowest BCUT2D eigenvalue weighted by Crippen LogP contribution is -2.44. The Morgan fingerprint density at radius 2 is 1.88 bits per heavy atom.